The minimum absolute atomic E-state index is 0.0196. The molecule has 7 nitrogen and oxygen atoms in total. The van der Waals surface area contributed by atoms with Crippen molar-refractivity contribution in [1.82, 2.24) is 5.32 Å². The van der Waals surface area contributed by atoms with E-state index in [4.69, 9.17) is 10.5 Å². The van der Waals surface area contributed by atoms with Crippen LogP contribution in [0.25, 0.3) is 10.8 Å². The van der Waals surface area contributed by atoms with Gasteiger partial charge in [0, 0.05) is 11.6 Å². The average Bonchev–Trinajstić information content (AvgIpc) is 2.65. The molecule has 0 aliphatic rings. The Bertz CT molecular complexity index is 972. The number of nitrogens with one attached hydrogen (secondary N) is 1. The minimum Gasteiger partial charge on any atom is -0.492 e. The van der Waals surface area contributed by atoms with E-state index >= 15 is 0 Å². The molecule has 7 heteroatoms. The van der Waals surface area contributed by atoms with E-state index in [1.54, 1.807) is 0 Å². The number of amides is 1. The van der Waals surface area contributed by atoms with Gasteiger partial charge in [-0.25, -0.2) is 0 Å². The first-order valence-corrected chi connectivity index (χ1v) is 7.98. The van der Waals surface area contributed by atoms with Gasteiger partial charge in [0.15, 0.2) is 0 Å². The lowest BCUT2D eigenvalue weighted by Crippen LogP contribution is -2.28. The zero-order valence-electron chi connectivity index (χ0n) is 13.8. The van der Waals surface area contributed by atoms with Crippen molar-refractivity contribution in [1.29, 1.82) is 0 Å². The number of hydrogen-bond donors (Lipinski definition) is 2. The average molecular weight is 351 g/mol. The first-order chi connectivity index (χ1) is 12.5. The van der Waals surface area contributed by atoms with Crippen LogP contribution < -0.4 is 15.8 Å². The second-order valence-electron chi connectivity index (χ2n) is 5.64. The van der Waals surface area contributed by atoms with Crippen molar-refractivity contribution in [3.8, 4) is 5.75 Å². The quantitative estimate of drug-likeness (QED) is 0.307. The number of anilines is 1. The molecule has 0 bridgehead atoms. The highest BCUT2D eigenvalue weighted by molar-refractivity contribution is 5.95. The fourth-order valence-corrected chi connectivity index (χ4v) is 2.54. The van der Waals surface area contributed by atoms with E-state index in [1.807, 2.05) is 42.5 Å². The summed E-state index contributed by atoms with van der Waals surface area (Å²) >= 11 is 0. The molecule has 0 aromatic heterocycles. The number of nitrogen functional groups attached to an aromatic ring is 1. The van der Waals surface area contributed by atoms with Crippen molar-refractivity contribution in [2.75, 3.05) is 18.9 Å². The SMILES string of the molecule is Nc1ccc(C(=O)NCCOc2ccc3ccccc3c2)cc1[N+](=O)[O-]. The first-order valence-electron chi connectivity index (χ1n) is 7.98. The van der Waals surface area contributed by atoms with Crippen LogP contribution in [0, 0.1) is 10.1 Å². The van der Waals surface area contributed by atoms with Gasteiger partial charge in [-0.3, -0.25) is 14.9 Å². The van der Waals surface area contributed by atoms with Crippen LogP contribution in [0.1, 0.15) is 10.4 Å². The summed E-state index contributed by atoms with van der Waals surface area (Å²) in [6.45, 7) is 0.547. The van der Waals surface area contributed by atoms with Gasteiger partial charge in [-0.15, -0.1) is 0 Å². The van der Waals surface area contributed by atoms with E-state index in [-0.39, 0.29) is 30.1 Å². The fraction of sp³-hybridized carbons (Fsp3) is 0.105. The van der Waals surface area contributed by atoms with Crippen LogP contribution in [-0.2, 0) is 0 Å². The molecule has 0 unspecified atom stereocenters. The van der Waals surface area contributed by atoms with Crippen LogP contribution in [0.2, 0.25) is 0 Å². The molecule has 3 aromatic rings. The third-order valence-corrected chi connectivity index (χ3v) is 3.87. The van der Waals surface area contributed by atoms with Crippen molar-refractivity contribution in [2.24, 2.45) is 0 Å². The number of ether oxygens (including phenoxy) is 1. The zero-order chi connectivity index (χ0) is 18.5. The van der Waals surface area contributed by atoms with Gasteiger partial charge >= 0.3 is 0 Å². The topological polar surface area (TPSA) is 107 Å². The molecule has 26 heavy (non-hydrogen) atoms. The first kappa shape index (κ1) is 17.2. The molecule has 0 aliphatic heterocycles. The van der Waals surface area contributed by atoms with Crippen LogP contribution in [0.15, 0.2) is 60.7 Å². The molecule has 132 valence electrons. The molecule has 0 spiro atoms. The summed E-state index contributed by atoms with van der Waals surface area (Å²) in [7, 11) is 0. The second kappa shape index (κ2) is 7.52. The monoisotopic (exact) mass is 351 g/mol. The number of nitrogens with two attached hydrogens (primary N) is 1. The fourth-order valence-electron chi connectivity index (χ4n) is 2.54. The highest BCUT2D eigenvalue weighted by Gasteiger charge is 2.15. The summed E-state index contributed by atoms with van der Waals surface area (Å²) in [5, 5.41) is 15.7. The molecule has 0 heterocycles. The van der Waals surface area contributed by atoms with Crippen molar-refractivity contribution in [3.05, 3.63) is 76.3 Å². The van der Waals surface area contributed by atoms with Gasteiger partial charge in [0.05, 0.1) is 11.5 Å². The molecule has 0 fully saturated rings. The van der Waals surface area contributed by atoms with Gasteiger partial charge in [-0.1, -0.05) is 30.3 Å². The molecule has 3 N–H and O–H groups in total. The number of benzene rings is 3. The van der Waals surface area contributed by atoms with Gasteiger partial charge in [0.1, 0.15) is 18.0 Å². The smallest absolute Gasteiger partial charge is 0.292 e. The maximum Gasteiger partial charge on any atom is 0.292 e. The predicted molar refractivity (Wildman–Crippen MR) is 99.3 cm³/mol. The molecule has 3 rings (SSSR count). The summed E-state index contributed by atoms with van der Waals surface area (Å²) in [5.41, 5.74) is 5.43. The number of fused-ring (bicyclic) bond motifs is 1. The van der Waals surface area contributed by atoms with E-state index in [0.717, 1.165) is 16.8 Å². The Kier molecular flexibility index (Phi) is 4.98. The normalized spacial score (nSPS) is 10.5. The lowest BCUT2D eigenvalue weighted by Gasteiger charge is -2.09. The van der Waals surface area contributed by atoms with E-state index in [9.17, 15) is 14.9 Å². The number of nitro groups is 1. The molecule has 0 aliphatic carbocycles. The highest BCUT2D eigenvalue weighted by Crippen LogP contribution is 2.22. The molecule has 0 saturated carbocycles. The Balaban J connectivity index is 1.55. The van der Waals surface area contributed by atoms with E-state index < -0.39 is 10.8 Å². The number of nitro benzene ring substituents is 1. The highest BCUT2D eigenvalue weighted by atomic mass is 16.6. The second-order valence-corrected chi connectivity index (χ2v) is 5.64. The summed E-state index contributed by atoms with van der Waals surface area (Å²) in [6, 6.07) is 17.7. The molecule has 0 atom stereocenters. The zero-order valence-corrected chi connectivity index (χ0v) is 13.8. The summed E-state index contributed by atoms with van der Waals surface area (Å²) in [5.74, 6) is 0.288. The molecular formula is C19H17N3O4. The van der Waals surface area contributed by atoms with Crippen LogP contribution in [0.5, 0.6) is 5.75 Å². The Hall–Kier alpha value is -3.61. The van der Waals surface area contributed by atoms with Crippen molar-refractivity contribution in [2.45, 2.75) is 0 Å². The number of nitrogens with zero attached hydrogens (tertiary/aromatic N) is 1. The predicted octanol–water partition coefficient (Wildman–Crippen LogP) is 3.14. The standard InChI is InChI=1S/C19H17N3O4/c20-17-8-6-15(12-18(17)22(24)25)19(23)21-9-10-26-16-7-5-13-3-1-2-4-14(13)11-16/h1-8,11-12H,9-10,20H2,(H,21,23). The summed E-state index contributed by atoms with van der Waals surface area (Å²) in [4.78, 5) is 22.4. The van der Waals surface area contributed by atoms with Crippen LogP contribution >= 0.6 is 0 Å². The van der Waals surface area contributed by atoms with Gasteiger partial charge < -0.3 is 15.8 Å². The minimum atomic E-state index is -0.616. The van der Waals surface area contributed by atoms with Gasteiger partial charge in [-0.05, 0) is 35.0 Å². The van der Waals surface area contributed by atoms with Crippen molar-refractivity contribution in [3.63, 3.8) is 0 Å². The van der Waals surface area contributed by atoms with Crippen LogP contribution in [0.4, 0.5) is 11.4 Å². The molecule has 0 radical (unpaired) electrons. The maximum atomic E-state index is 12.1. The number of hydrogen-bond acceptors (Lipinski definition) is 5. The number of carbonyl (C=O) groups excluding carboxylic acids is 1. The Labute approximate surface area is 149 Å². The molecule has 3 aromatic carbocycles. The number of rotatable bonds is 6. The lowest BCUT2D eigenvalue weighted by molar-refractivity contribution is -0.383. The Morgan fingerprint density at radius 3 is 2.62 bits per heavy atom. The van der Waals surface area contributed by atoms with Crippen molar-refractivity contribution < 1.29 is 14.5 Å². The largest absolute Gasteiger partial charge is 0.492 e. The van der Waals surface area contributed by atoms with Crippen molar-refractivity contribution >= 4 is 28.1 Å². The Morgan fingerprint density at radius 1 is 1.08 bits per heavy atom. The van der Waals surface area contributed by atoms with Gasteiger partial charge in [0.25, 0.3) is 11.6 Å². The third kappa shape index (κ3) is 3.89. The maximum absolute atomic E-state index is 12.1. The van der Waals surface area contributed by atoms with Crippen LogP contribution in [0.3, 0.4) is 0 Å². The summed E-state index contributed by atoms with van der Waals surface area (Å²) < 4.78 is 5.64. The van der Waals surface area contributed by atoms with E-state index in [1.165, 1.54) is 12.1 Å². The van der Waals surface area contributed by atoms with E-state index in [2.05, 4.69) is 5.32 Å². The molecule has 1 amide bonds. The van der Waals surface area contributed by atoms with Gasteiger partial charge in [0.2, 0.25) is 0 Å². The molecular weight excluding hydrogens is 334 g/mol. The lowest BCUT2D eigenvalue weighted by atomic mass is 10.1. The van der Waals surface area contributed by atoms with Crippen LogP contribution in [-0.4, -0.2) is 24.0 Å². The van der Waals surface area contributed by atoms with Gasteiger partial charge in [-0.2, -0.15) is 0 Å². The number of carbonyl (C=O) groups is 1. The molecule has 0 saturated heterocycles. The Morgan fingerprint density at radius 2 is 1.85 bits per heavy atom. The third-order valence-electron chi connectivity index (χ3n) is 3.87. The summed E-state index contributed by atoms with van der Waals surface area (Å²) in [6.07, 6.45) is 0. The van der Waals surface area contributed by atoms with E-state index in [0.29, 0.717) is 5.75 Å².